The van der Waals surface area contributed by atoms with Crippen LogP contribution in [0.4, 0.5) is 15.9 Å². The van der Waals surface area contributed by atoms with Gasteiger partial charge in [-0.2, -0.15) is 0 Å². The summed E-state index contributed by atoms with van der Waals surface area (Å²) >= 11 is 1.52. The molecule has 0 amide bonds. The van der Waals surface area contributed by atoms with E-state index in [0.29, 0.717) is 25.4 Å². The van der Waals surface area contributed by atoms with Crippen molar-refractivity contribution in [2.75, 3.05) is 30.0 Å². The van der Waals surface area contributed by atoms with E-state index in [1.165, 1.54) is 29.7 Å². The maximum atomic E-state index is 13.4. The number of fused-ring (bicyclic) bond motifs is 1. The van der Waals surface area contributed by atoms with Crippen LogP contribution < -0.4 is 15.0 Å². The predicted molar refractivity (Wildman–Crippen MR) is 154 cm³/mol. The first kappa shape index (κ1) is 26.9. The van der Waals surface area contributed by atoms with Gasteiger partial charge in [0, 0.05) is 54.8 Å². The van der Waals surface area contributed by atoms with Crippen molar-refractivity contribution in [3.05, 3.63) is 94.3 Å². The Labute approximate surface area is 231 Å². The number of anilines is 1. The Bertz CT molecular complexity index is 1550. The average Bonchev–Trinajstić information content (AvgIpc) is 3.39. The van der Waals surface area contributed by atoms with E-state index in [1.54, 1.807) is 6.07 Å². The van der Waals surface area contributed by atoms with Crippen molar-refractivity contribution >= 4 is 44.6 Å². The Kier molecular flexibility index (Phi) is 8.30. The van der Waals surface area contributed by atoms with Gasteiger partial charge in [0.05, 0.1) is 23.7 Å². The zero-order valence-corrected chi connectivity index (χ0v) is 23.0. The number of hydrogen-bond acceptors (Lipinski definition) is 9. The quantitative estimate of drug-likeness (QED) is 0.359. The summed E-state index contributed by atoms with van der Waals surface area (Å²) in [6.45, 7) is 1.67. The minimum atomic E-state index is -2.99. The van der Waals surface area contributed by atoms with Crippen molar-refractivity contribution in [1.29, 1.82) is 0 Å². The Balaban J connectivity index is 1.24. The number of aliphatic imine (C=N–C) groups is 2. The zero-order valence-electron chi connectivity index (χ0n) is 21.3. The molecule has 39 heavy (non-hydrogen) atoms. The van der Waals surface area contributed by atoms with E-state index in [2.05, 4.69) is 16.4 Å². The molecule has 0 fully saturated rings. The predicted octanol–water partition coefficient (Wildman–Crippen LogP) is 4.69. The molecule has 3 heterocycles. The molecule has 0 saturated heterocycles. The highest BCUT2D eigenvalue weighted by molar-refractivity contribution is 7.90. The van der Waals surface area contributed by atoms with Gasteiger partial charge in [-0.3, -0.25) is 9.98 Å². The monoisotopic (exact) mass is 565 g/mol. The van der Waals surface area contributed by atoms with E-state index in [9.17, 15) is 12.8 Å². The summed E-state index contributed by atoms with van der Waals surface area (Å²) in [5, 5.41) is 5.99. The highest BCUT2D eigenvalue weighted by Gasteiger charge is 2.24. The molecule has 2 aliphatic heterocycles. The van der Waals surface area contributed by atoms with Crippen LogP contribution in [-0.4, -0.2) is 50.4 Å². The number of nitrogens with zero attached hydrogens (tertiary/aromatic N) is 4. The number of ether oxygens (including phenoxy) is 1. The Morgan fingerprint density at radius 1 is 1.23 bits per heavy atom. The second-order valence-electron chi connectivity index (χ2n) is 9.23. The minimum absolute atomic E-state index is 0.0402. The Morgan fingerprint density at radius 2 is 2.08 bits per heavy atom. The number of sulfone groups is 1. The standard InChI is InChI=1S/C28H28FN5O3S2/c1-39(35,36)12-10-30-16-28-33-27(19-38-28)34-11-9-21-14-31-15-26(25(21)17-34)32-23-5-7-24(8-6-23)37-18-20-3-2-4-22(29)13-20/h2-9,11,13-14,17,19,21,30H,10,12,15-16,18H2,1H3. The number of aromatic nitrogens is 1. The first-order valence-corrected chi connectivity index (χ1v) is 15.3. The van der Waals surface area contributed by atoms with Gasteiger partial charge < -0.3 is 15.0 Å². The van der Waals surface area contributed by atoms with Crippen LogP contribution in [0.1, 0.15) is 10.6 Å². The maximum Gasteiger partial charge on any atom is 0.148 e. The molecule has 8 nitrogen and oxygen atoms in total. The molecular weight excluding hydrogens is 537 g/mol. The van der Waals surface area contributed by atoms with Gasteiger partial charge in [-0.15, -0.1) is 11.3 Å². The molecule has 11 heteroatoms. The van der Waals surface area contributed by atoms with Gasteiger partial charge in [0.2, 0.25) is 0 Å². The Morgan fingerprint density at radius 3 is 2.87 bits per heavy atom. The van der Waals surface area contributed by atoms with Crippen LogP contribution in [0.5, 0.6) is 5.75 Å². The molecule has 1 aromatic heterocycles. The molecule has 0 saturated carbocycles. The maximum absolute atomic E-state index is 13.4. The van der Waals surface area contributed by atoms with E-state index in [0.717, 1.165) is 33.4 Å². The first-order valence-electron chi connectivity index (χ1n) is 12.4. The third-order valence-corrected chi connectivity index (χ3v) is 7.84. The summed E-state index contributed by atoms with van der Waals surface area (Å²) in [6.07, 6.45) is 9.25. The number of allylic oxidation sites excluding steroid dienone is 1. The van der Waals surface area contributed by atoms with Crippen molar-refractivity contribution in [2.24, 2.45) is 15.9 Å². The zero-order chi connectivity index (χ0) is 27.2. The van der Waals surface area contributed by atoms with Crippen LogP contribution in [0.15, 0.2) is 87.9 Å². The summed E-state index contributed by atoms with van der Waals surface area (Å²) in [6, 6.07) is 13.8. The summed E-state index contributed by atoms with van der Waals surface area (Å²) in [4.78, 5) is 16.0. The molecule has 3 aromatic rings. The van der Waals surface area contributed by atoms with Gasteiger partial charge >= 0.3 is 0 Å². The van der Waals surface area contributed by atoms with Gasteiger partial charge in [-0.1, -0.05) is 18.2 Å². The van der Waals surface area contributed by atoms with Crippen LogP contribution >= 0.6 is 11.3 Å². The third kappa shape index (κ3) is 7.47. The molecule has 1 unspecified atom stereocenters. The molecule has 1 N–H and O–H groups in total. The molecule has 0 bridgehead atoms. The molecule has 5 rings (SSSR count). The number of hydrogen-bond donors (Lipinski definition) is 1. The topological polar surface area (TPSA) is 96.2 Å². The molecule has 202 valence electrons. The molecule has 1 atom stereocenters. The van der Waals surface area contributed by atoms with Crippen LogP contribution in [-0.2, 0) is 23.0 Å². The van der Waals surface area contributed by atoms with Gasteiger partial charge in [0.15, 0.2) is 0 Å². The van der Waals surface area contributed by atoms with Gasteiger partial charge in [-0.25, -0.2) is 17.8 Å². The second kappa shape index (κ2) is 12.0. The lowest BCUT2D eigenvalue weighted by atomic mass is 9.92. The lowest BCUT2D eigenvalue weighted by Crippen LogP contribution is -2.27. The van der Waals surface area contributed by atoms with Crippen LogP contribution in [0.3, 0.4) is 0 Å². The fraction of sp³-hybridized carbons (Fsp3) is 0.250. The van der Waals surface area contributed by atoms with E-state index >= 15 is 0 Å². The largest absolute Gasteiger partial charge is 0.489 e. The van der Waals surface area contributed by atoms with Crippen molar-refractivity contribution in [1.82, 2.24) is 10.3 Å². The summed E-state index contributed by atoms with van der Waals surface area (Å²) in [5.41, 5.74) is 3.49. The van der Waals surface area contributed by atoms with E-state index in [1.807, 2.05) is 59.2 Å². The molecule has 2 aromatic carbocycles. The van der Waals surface area contributed by atoms with E-state index < -0.39 is 9.84 Å². The summed E-state index contributed by atoms with van der Waals surface area (Å²) < 4.78 is 41.8. The molecule has 2 aliphatic rings. The van der Waals surface area contributed by atoms with E-state index in [-0.39, 0.29) is 24.1 Å². The Hall–Kier alpha value is -3.67. The van der Waals surface area contributed by atoms with Crippen molar-refractivity contribution < 1.29 is 17.5 Å². The summed E-state index contributed by atoms with van der Waals surface area (Å²) in [7, 11) is -2.99. The summed E-state index contributed by atoms with van der Waals surface area (Å²) in [5.74, 6) is 1.33. The number of thiazole rings is 1. The number of rotatable bonds is 10. The van der Waals surface area contributed by atoms with Crippen molar-refractivity contribution in [3.63, 3.8) is 0 Å². The third-order valence-electron chi connectivity index (χ3n) is 6.06. The molecular formula is C28H28FN5O3S2. The van der Waals surface area contributed by atoms with Gasteiger partial charge in [0.1, 0.15) is 38.8 Å². The smallest absolute Gasteiger partial charge is 0.148 e. The molecule has 0 spiro atoms. The lowest BCUT2D eigenvalue weighted by molar-refractivity contribution is 0.305. The molecule has 0 aliphatic carbocycles. The van der Waals surface area contributed by atoms with Crippen molar-refractivity contribution in [3.8, 4) is 5.75 Å². The SMILES string of the molecule is CS(=O)(=O)CCNCc1nc(N2C=CC3C=NCC(=Nc4ccc(OCc5cccc(F)c5)cc4)C3=C2)cs1. The average molecular weight is 566 g/mol. The second-order valence-corrected chi connectivity index (χ2v) is 12.4. The van der Waals surface area contributed by atoms with Crippen LogP contribution in [0.2, 0.25) is 0 Å². The molecule has 0 radical (unpaired) electrons. The number of halogens is 1. The first-order chi connectivity index (χ1) is 18.8. The van der Waals surface area contributed by atoms with E-state index in [4.69, 9.17) is 14.7 Å². The fourth-order valence-corrected chi connectivity index (χ4v) is 5.33. The normalized spacial score (nSPS) is 17.8. The van der Waals surface area contributed by atoms with Crippen LogP contribution in [0, 0.1) is 11.7 Å². The van der Waals surface area contributed by atoms with Crippen molar-refractivity contribution in [2.45, 2.75) is 13.2 Å². The van der Waals surface area contributed by atoms with Gasteiger partial charge in [-0.05, 0) is 42.0 Å². The van der Waals surface area contributed by atoms with Gasteiger partial charge in [0.25, 0.3) is 0 Å². The van der Waals surface area contributed by atoms with Crippen LogP contribution in [0.25, 0.3) is 0 Å². The number of nitrogens with one attached hydrogen (secondary N) is 1. The highest BCUT2D eigenvalue weighted by atomic mass is 32.2. The lowest BCUT2D eigenvalue weighted by Gasteiger charge is -2.26. The number of benzene rings is 2. The fourth-order valence-electron chi connectivity index (χ4n) is 4.07. The minimum Gasteiger partial charge on any atom is -0.489 e. The highest BCUT2D eigenvalue weighted by Crippen LogP contribution is 2.29.